The number of ether oxygens (including phenoxy) is 2. The van der Waals surface area contributed by atoms with Crippen molar-refractivity contribution in [1.29, 1.82) is 0 Å². The van der Waals surface area contributed by atoms with Crippen LogP contribution in [0.3, 0.4) is 0 Å². The van der Waals surface area contributed by atoms with Crippen LogP contribution >= 0.6 is 0 Å². The van der Waals surface area contributed by atoms with Crippen molar-refractivity contribution in [2.75, 3.05) is 20.2 Å². The minimum Gasteiger partial charge on any atom is -0.459 e. The van der Waals surface area contributed by atoms with E-state index in [1.807, 2.05) is 34.6 Å². The fourth-order valence-corrected chi connectivity index (χ4v) is 1.06. The molecule has 4 heteroatoms. The normalized spacial score (nSPS) is 12.6. The maximum Gasteiger partial charge on any atom is 0.320 e. The molecule has 0 heterocycles. The Kier molecular flexibility index (Phi) is 5.97. The zero-order valence-corrected chi connectivity index (χ0v) is 11.3. The maximum absolute atomic E-state index is 11.3. The highest BCUT2D eigenvalue weighted by atomic mass is 16.6. The molecule has 0 aromatic heterocycles. The first-order valence-electron chi connectivity index (χ1n) is 5.64. The van der Waals surface area contributed by atoms with Crippen molar-refractivity contribution >= 4 is 5.97 Å². The first-order chi connectivity index (χ1) is 7.16. The van der Waals surface area contributed by atoms with Gasteiger partial charge in [0, 0.05) is 7.11 Å². The van der Waals surface area contributed by atoms with Crippen molar-refractivity contribution in [3.63, 3.8) is 0 Å². The molecule has 0 bridgehead atoms. The van der Waals surface area contributed by atoms with Crippen LogP contribution in [0.2, 0.25) is 0 Å². The van der Waals surface area contributed by atoms with Crippen molar-refractivity contribution in [2.45, 2.75) is 52.2 Å². The Morgan fingerprint density at radius 1 is 1.19 bits per heavy atom. The zero-order chi connectivity index (χ0) is 12.8. The van der Waals surface area contributed by atoms with Crippen molar-refractivity contribution in [3.05, 3.63) is 0 Å². The largest absolute Gasteiger partial charge is 0.459 e. The van der Waals surface area contributed by atoms with E-state index in [0.717, 1.165) is 13.0 Å². The number of carbonyl (C=O) groups excluding carboxylic acids is 1. The third-order valence-corrected chi connectivity index (χ3v) is 2.15. The molecule has 0 saturated carbocycles. The van der Waals surface area contributed by atoms with E-state index in [-0.39, 0.29) is 18.1 Å². The third kappa shape index (κ3) is 8.68. The van der Waals surface area contributed by atoms with Gasteiger partial charge in [-0.25, -0.2) is 0 Å². The molecule has 0 aromatic rings. The van der Waals surface area contributed by atoms with Crippen molar-refractivity contribution < 1.29 is 14.3 Å². The van der Waals surface area contributed by atoms with Crippen LogP contribution in [0.5, 0.6) is 0 Å². The second-order valence-corrected chi connectivity index (χ2v) is 5.48. The van der Waals surface area contributed by atoms with E-state index in [2.05, 4.69) is 5.32 Å². The molecule has 0 saturated heterocycles. The average Bonchev–Trinajstić information content (AvgIpc) is 2.10. The Labute approximate surface area is 98.7 Å². The van der Waals surface area contributed by atoms with Crippen LogP contribution in [-0.4, -0.2) is 37.4 Å². The van der Waals surface area contributed by atoms with Gasteiger partial charge in [0.2, 0.25) is 0 Å². The molecule has 0 aliphatic rings. The number of nitrogens with one attached hydrogen (secondary N) is 1. The van der Waals surface area contributed by atoms with Crippen LogP contribution in [0.1, 0.15) is 41.0 Å². The number of carbonyl (C=O) groups is 1. The van der Waals surface area contributed by atoms with Gasteiger partial charge in [0.15, 0.2) is 0 Å². The van der Waals surface area contributed by atoms with Crippen LogP contribution in [-0.2, 0) is 14.3 Å². The molecule has 16 heavy (non-hydrogen) atoms. The SMILES string of the molecule is COC(C)(C)CCNCC(=O)OC(C)(C)C. The van der Waals surface area contributed by atoms with E-state index < -0.39 is 5.60 Å². The lowest BCUT2D eigenvalue weighted by Crippen LogP contribution is -2.34. The summed E-state index contributed by atoms with van der Waals surface area (Å²) in [5, 5.41) is 3.04. The summed E-state index contributed by atoms with van der Waals surface area (Å²) in [6, 6.07) is 0. The fraction of sp³-hybridized carbons (Fsp3) is 0.917. The molecule has 0 aliphatic heterocycles. The number of hydrogen-bond donors (Lipinski definition) is 1. The predicted molar refractivity (Wildman–Crippen MR) is 64.4 cm³/mol. The van der Waals surface area contributed by atoms with Crippen molar-refractivity contribution in [3.8, 4) is 0 Å². The Balaban J connectivity index is 3.64. The summed E-state index contributed by atoms with van der Waals surface area (Å²) >= 11 is 0. The second-order valence-electron chi connectivity index (χ2n) is 5.48. The van der Waals surface area contributed by atoms with Gasteiger partial charge in [-0.05, 0) is 47.6 Å². The van der Waals surface area contributed by atoms with Crippen LogP contribution in [0.25, 0.3) is 0 Å². The van der Waals surface area contributed by atoms with E-state index in [0.29, 0.717) is 0 Å². The van der Waals surface area contributed by atoms with Crippen LogP contribution in [0, 0.1) is 0 Å². The van der Waals surface area contributed by atoms with E-state index in [4.69, 9.17) is 9.47 Å². The highest BCUT2D eigenvalue weighted by Gasteiger charge is 2.17. The smallest absolute Gasteiger partial charge is 0.320 e. The summed E-state index contributed by atoms with van der Waals surface area (Å²) in [5.74, 6) is -0.220. The molecule has 0 aromatic carbocycles. The highest BCUT2D eigenvalue weighted by Crippen LogP contribution is 2.11. The summed E-state index contributed by atoms with van der Waals surface area (Å²) in [4.78, 5) is 11.3. The second kappa shape index (κ2) is 6.21. The summed E-state index contributed by atoms with van der Waals surface area (Å²) in [6.07, 6.45) is 0.853. The zero-order valence-electron chi connectivity index (χ0n) is 11.3. The Morgan fingerprint density at radius 3 is 2.19 bits per heavy atom. The average molecular weight is 231 g/mol. The summed E-state index contributed by atoms with van der Waals surface area (Å²) in [7, 11) is 1.69. The van der Waals surface area contributed by atoms with Crippen LogP contribution < -0.4 is 5.32 Å². The lowest BCUT2D eigenvalue weighted by atomic mass is 10.1. The van der Waals surface area contributed by atoms with Gasteiger partial charge in [-0.3, -0.25) is 4.79 Å². The van der Waals surface area contributed by atoms with Crippen molar-refractivity contribution in [1.82, 2.24) is 5.32 Å². The van der Waals surface area contributed by atoms with Gasteiger partial charge in [-0.1, -0.05) is 0 Å². The molecule has 0 spiro atoms. The van der Waals surface area contributed by atoms with Gasteiger partial charge in [-0.2, -0.15) is 0 Å². The summed E-state index contributed by atoms with van der Waals surface area (Å²) in [5.41, 5.74) is -0.564. The molecule has 0 atom stereocenters. The van der Waals surface area contributed by atoms with Crippen molar-refractivity contribution in [2.24, 2.45) is 0 Å². The topological polar surface area (TPSA) is 47.6 Å². The monoisotopic (exact) mass is 231 g/mol. The van der Waals surface area contributed by atoms with E-state index >= 15 is 0 Å². The molecule has 1 N–H and O–H groups in total. The third-order valence-electron chi connectivity index (χ3n) is 2.15. The molecular weight excluding hydrogens is 206 g/mol. The lowest BCUT2D eigenvalue weighted by molar-refractivity contribution is -0.153. The Hall–Kier alpha value is -0.610. The van der Waals surface area contributed by atoms with E-state index in [1.54, 1.807) is 7.11 Å². The maximum atomic E-state index is 11.3. The minimum absolute atomic E-state index is 0.152. The summed E-state index contributed by atoms with van der Waals surface area (Å²) < 4.78 is 10.4. The number of rotatable bonds is 6. The Morgan fingerprint density at radius 2 is 1.75 bits per heavy atom. The van der Waals surface area contributed by atoms with Gasteiger partial charge in [-0.15, -0.1) is 0 Å². The van der Waals surface area contributed by atoms with E-state index in [1.165, 1.54) is 0 Å². The first-order valence-corrected chi connectivity index (χ1v) is 5.64. The van der Waals surface area contributed by atoms with Gasteiger partial charge >= 0.3 is 5.97 Å². The number of hydrogen-bond acceptors (Lipinski definition) is 4. The minimum atomic E-state index is -0.412. The molecule has 0 unspecified atom stereocenters. The molecule has 0 amide bonds. The fourth-order valence-electron chi connectivity index (χ4n) is 1.06. The molecule has 96 valence electrons. The van der Waals surface area contributed by atoms with Crippen LogP contribution in [0.4, 0.5) is 0 Å². The quantitative estimate of drug-likeness (QED) is 0.558. The molecular formula is C12H25NO3. The van der Waals surface area contributed by atoms with Gasteiger partial charge in [0.1, 0.15) is 5.60 Å². The van der Waals surface area contributed by atoms with E-state index in [9.17, 15) is 4.79 Å². The molecule has 4 nitrogen and oxygen atoms in total. The Bertz CT molecular complexity index is 219. The van der Waals surface area contributed by atoms with Gasteiger partial charge in [0.25, 0.3) is 0 Å². The van der Waals surface area contributed by atoms with Gasteiger partial charge in [0.05, 0.1) is 12.1 Å². The summed E-state index contributed by atoms with van der Waals surface area (Å²) in [6.45, 7) is 10.6. The molecule has 0 rings (SSSR count). The van der Waals surface area contributed by atoms with Crippen LogP contribution in [0.15, 0.2) is 0 Å². The molecule has 0 fully saturated rings. The molecule has 0 aliphatic carbocycles. The van der Waals surface area contributed by atoms with Gasteiger partial charge < -0.3 is 14.8 Å². The number of esters is 1. The predicted octanol–water partition coefficient (Wildman–Crippen LogP) is 1.73. The number of methoxy groups -OCH3 is 1. The highest BCUT2D eigenvalue weighted by molar-refractivity contribution is 5.72. The first kappa shape index (κ1) is 15.4. The standard InChI is InChI=1S/C12H25NO3/c1-11(2,3)16-10(14)9-13-8-7-12(4,5)15-6/h13H,7-9H2,1-6H3. The molecule has 0 radical (unpaired) electrons. The lowest BCUT2D eigenvalue weighted by Gasteiger charge is -2.23.